The molecule has 22 heavy (non-hydrogen) atoms. The summed E-state index contributed by atoms with van der Waals surface area (Å²) in [4.78, 5) is 13.9. The number of rotatable bonds is 1. The maximum Gasteiger partial charge on any atom is 0.240 e. The molecule has 0 atom stereocenters. The highest BCUT2D eigenvalue weighted by molar-refractivity contribution is 5.55. The maximum atomic E-state index is 10.3. The van der Waals surface area contributed by atoms with E-state index in [1.807, 2.05) is 0 Å². The molecule has 0 radical (unpaired) electrons. The van der Waals surface area contributed by atoms with Crippen LogP contribution in [0.2, 0.25) is 0 Å². The monoisotopic (exact) mass is 309 g/mol. The summed E-state index contributed by atoms with van der Waals surface area (Å²) in [5.74, 6) is 1.07. The van der Waals surface area contributed by atoms with Crippen LogP contribution in [0.4, 0.5) is 5.69 Å². The highest BCUT2D eigenvalue weighted by Crippen LogP contribution is 2.31. The van der Waals surface area contributed by atoms with Crippen molar-refractivity contribution < 1.29 is 28.5 Å². The second-order valence-corrected chi connectivity index (χ2v) is 4.37. The standard InChI is InChI=1S/C15H19NO6/c17-12-16-13-1-2-14-15(11-13)22-10-8-20-6-4-18-3-5-19-7-9-21-14/h1-2,11H,3-10H2. The average molecular weight is 309 g/mol. The van der Waals surface area contributed by atoms with Crippen LogP contribution < -0.4 is 9.47 Å². The Morgan fingerprint density at radius 2 is 1.32 bits per heavy atom. The van der Waals surface area contributed by atoms with Crippen LogP contribution in [0.3, 0.4) is 0 Å². The maximum absolute atomic E-state index is 10.3. The number of isocyanates is 1. The second kappa shape index (κ2) is 9.92. The van der Waals surface area contributed by atoms with E-state index in [2.05, 4.69) is 4.99 Å². The molecule has 0 aromatic heterocycles. The van der Waals surface area contributed by atoms with Crippen molar-refractivity contribution in [3.63, 3.8) is 0 Å². The summed E-state index contributed by atoms with van der Waals surface area (Å²) in [5, 5.41) is 0. The van der Waals surface area contributed by atoms with E-state index in [0.717, 1.165) is 0 Å². The number of carbonyl (C=O) groups excluding carboxylic acids is 1. The third-order valence-corrected chi connectivity index (χ3v) is 2.82. The van der Waals surface area contributed by atoms with E-state index < -0.39 is 0 Å². The number of ether oxygens (including phenoxy) is 5. The Morgan fingerprint density at radius 1 is 0.773 bits per heavy atom. The number of hydrogen-bond donors (Lipinski definition) is 0. The van der Waals surface area contributed by atoms with Crippen molar-refractivity contribution in [2.24, 2.45) is 4.99 Å². The molecule has 1 aliphatic rings. The fourth-order valence-electron chi connectivity index (χ4n) is 1.81. The second-order valence-electron chi connectivity index (χ2n) is 4.37. The molecule has 7 heteroatoms. The highest BCUT2D eigenvalue weighted by Gasteiger charge is 2.07. The zero-order chi connectivity index (χ0) is 15.5. The zero-order valence-corrected chi connectivity index (χ0v) is 12.3. The molecule has 2 rings (SSSR count). The van der Waals surface area contributed by atoms with Gasteiger partial charge in [-0.2, -0.15) is 4.99 Å². The van der Waals surface area contributed by atoms with Gasteiger partial charge < -0.3 is 23.7 Å². The highest BCUT2D eigenvalue weighted by atomic mass is 16.6. The van der Waals surface area contributed by atoms with Crippen molar-refractivity contribution in [1.29, 1.82) is 0 Å². The zero-order valence-electron chi connectivity index (χ0n) is 12.3. The number of benzene rings is 1. The molecule has 7 nitrogen and oxygen atoms in total. The van der Waals surface area contributed by atoms with E-state index in [1.54, 1.807) is 18.2 Å². The summed E-state index contributed by atoms with van der Waals surface area (Å²) in [5.41, 5.74) is 0.459. The van der Waals surface area contributed by atoms with Crippen molar-refractivity contribution in [2.45, 2.75) is 0 Å². The first-order valence-corrected chi connectivity index (χ1v) is 7.11. The lowest BCUT2D eigenvalue weighted by Gasteiger charge is -2.13. The molecule has 1 aromatic rings. The van der Waals surface area contributed by atoms with Gasteiger partial charge in [0.25, 0.3) is 0 Å². The predicted octanol–water partition coefficient (Wildman–Crippen LogP) is 1.47. The molecule has 120 valence electrons. The van der Waals surface area contributed by atoms with Crippen LogP contribution in [-0.2, 0) is 19.0 Å². The fraction of sp³-hybridized carbons (Fsp3) is 0.533. The Kier molecular flexibility index (Phi) is 7.41. The molecule has 0 spiro atoms. The van der Waals surface area contributed by atoms with Gasteiger partial charge in [0.05, 0.1) is 45.3 Å². The van der Waals surface area contributed by atoms with Gasteiger partial charge in [0, 0.05) is 6.07 Å². The van der Waals surface area contributed by atoms with Gasteiger partial charge >= 0.3 is 0 Å². The Labute approximate surface area is 128 Å². The average Bonchev–Trinajstić information content (AvgIpc) is 2.54. The smallest absolute Gasteiger partial charge is 0.240 e. The molecule has 0 amide bonds. The minimum atomic E-state index is 0.362. The third kappa shape index (κ3) is 5.83. The molecule has 0 fully saturated rings. The molecule has 0 saturated carbocycles. The predicted molar refractivity (Wildman–Crippen MR) is 77.7 cm³/mol. The van der Waals surface area contributed by atoms with Crippen molar-refractivity contribution in [3.8, 4) is 11.5 Å². The summed E-state index contributed by atoms with van der Waals surface area (Å²) in [6, 6.07) is 4.99. The summed E-state index contributed by atoms with van der Waals surface area (Å²) in [6.07, 6.45) is 1.50. The lowest BCUT2D eigenvalue weighted by Crippen LogP contribution is -2.13. The van der Waals surface area contributed by atoms with Gasteiger partial charge in [0.1, 0.15) is 13.2 Å². The minimum Gasteiger partial charge on any atom is -0.487 e. The topological polar surface area (TPSA) is 75.6 Å². The third-order valence-electron chi connectivity index (χ3n) is 2.82. The SMILES string of the molecule is O=C=Nc1ccc2c(c1)OCCOCCOCCOCCO2. The minimum absolute atomic E-state index is 0.362. The molecule has 1 aliphatic heterocycles. The summed E-state index contributed by atoms with van der Waals surface area (Å²) >= 11 is 0. The lowest BCUT2D eigenvalue weighted by atomic mass is 10.3. The van der Waals surface area contributed by atoms with Gasteiger partial charge in [-0.05, 0) is 12.1 Å². The largest absolute Gasteiger partial charge is 0.487 e. The lowest BCUT2D eigenvalue weighted by molar-refractivity contribution is 0.00708. The van der Waals surface area contributed by atoms with Gasteiger partial charge in [-0.25, -0.2) is 4.79 Å². The van der Waals surface area contributed by atoms with Gasteiger partial charge in [-0.3, -0.25) is 0 Å². The number of fused-ring (bicyclic) bond motifs is 1. The normalized spacial score (nSPS) is 17.6. The van der Waals surface area contributed by atoms with Crippen LogP contribution in [0.1, 0.15) is 0 Å². The van der Waals surface area contributed by atoms with Crippen LogP contribution in [0.15, 0.2) is 23.2 Å². The van der Waals surface area contributed by atoms with E-state index in [-0.39, 0.29) is 0 Å². The number of aliphatic imine (C=N–C) groups is 1. The van der Waals surface area contributed by atoms with Gasteiger partial charge in [-0.1, -0.05) is 0 Å². The fourth-order valence-corrected chi connectivity index (χ4v) is 1.81. The molecule has 0 saturated heterocycles. The van der Waals surface area contributed by atoms with Gasteiger partial charge in [0.2, 0.25) is 6.08 Å². The van der Waals surface area contributed by atoms with Crippen LogP contribution in [0, 0.1) is 0 Å². The van der Waals surface area contributed by atoms with Crippen LogP contribution in [-0.4, -0.2) is 58.9 Å². The van der Waals surface area contributed by atoms with Gasteiger partial charge in [-0.15, -0.1) is 0 Å². The van der Waals surface area contributed by atoms with Crippen LogP contribution >= 0.6 is 0 Å². The molecule has 0 bridgehead atoms. The number of hydrogen-bond acceptors (Lipinski definition) is 7. The molecule has 0 aliphatic carbocycles. The quantitative estimate of drug-likeness (QED) is 0.578. The van der Waals surface area contributed by atoms with Crippen molar-refractivity contribution in [2.75, 3.05) is 52.9 Å². The Morgan fingerprint density at radius 3 is 1.91 bits per heavy atom. The van der Waals surface area contributed by atoms with Crippen LogP contribution in [0.25, 0.3) is 0 Å². The summed E-state index contributed by atoms with van der Waals surface area (Å²) in [7, 11) is 0. The summed E-state index contributed by atoms with van der Waals surface area (Å²) < 4.78 is 27.4. The van der Waals surface area contributed by atoms with E-state index in [0.29, 0.717) is 70.0 Å². The first kappa shape index (κ1) is 16.5. The van der Waals surface area contributed by atoms with Crippen LogP contribution in [0.5, 0.6) is 11.5 Å². The van der Waals surface area contributed by atoms with Crippen molar-refractivity contribution in [3.05, 3.63) is 18.2 Å². The molecule has 1 aromatic carbocycles. The molecule has 0 N–H and O–H groups in total. The van der Waals surface area contributed by atoms with E-state index in [4.69, 9.17) is 23.7 Å². The molecular formula is C15H19NO6. The van der Waals surface area contributed by atoms with E-state index >= 15 is 0 Å². The molecule has 1 heterocycles. The van der Waals surface area contributed by atoms with Crippen molar-refractivity contribution >= 4 is 11.8 Å². The summed E-state index contributed by atoms with van der Waals surface area (Å²) in [6.45, 7) is 3.71. The first-order valence-electron chi connectivity index (χ1n) is 7.11. The Bertz CT molecular complexity index is 501. The Hall–Kier alpha value is -1.92. The van der Waals surface area contributed by atoms with E-state index in [1.165, 1.54) is 6.08 Å². The van der Waals surface area contributed by atoms with E-state index in [9.17, 15) is 4.79 Å². The molecule has 0 unspecified atom stereocenters. The Balaban J connectivity index is 2.02. The van der Waals surface area contributed by atoms with Gasteiger partial charge in [0.15, 0.2) is 11.5 Å². The number of nitrogens with zero attached hydrogens (tertiary/aromatic N) is 1. The van der Waals surface area contributed by atoms with Crippen molar-refractivity contribution in [1.82, 2.24) is 0 Å². The first-order chi connectivity index (χ1) is 10.9. The molecular weight excluding hydrogens is 290 g/mol.